The van der Waals surface area contributed by atoms with E-state index in [1.54, 1.807) is 24.3 Å². The molecule has 1 aliphatic rings. The number of halogens is 3. The molecule has 0 fully saturated rings. The second-order valence-corrected chi connectivity index (χ2v) is 5.88. The first kappa shape index (κ1) is 15.9. The number of hydrogen-bond acceptors (Lipinski definition) is 3. The first-order chi connectivity index (χ1) is 11.0. The minimum Gasteiger partial charge on any atom is -0.497 e. The minimum atomic E-state index is -1.86. The van der Waals surface area contributed by atoms with Gasteiger partial charge in [-0.3, -0.25) is 4.79 Å². The number of ether oxygens (including phenoxy) is 1. The van der Waals surface area contributed by atoms with Crippen molar-refractivity contribution in [3.05, 3.63) is 65.0 Å². The van der Waals surface area contributed by atoms with Crippen molar-refractivity contribution in [3.8, 4) is 5.75 Å². The maximum atomic E-state index is 15.0. The van der Waals surface area contributed by atoms with Gasteiger partial charge in [-0.1, -0.05) is 35.9 Å². The predicted octanol–water partition coefficient (Wildman–Crippen LogP) is 3.91. The summed E-state index contributed by atoms with van der Waals surface area (Å²) in [6.45, 7) is 0.116. The van der Waals surface area contributed by atoms with E-state index >= 15 is 0 Å². The molecule has 3 rings (SSSR count). The van der Waals surface area contributed by atoms with Crippen LogP contribution in [0.5, 0.6) is 5.75 Å². The molecule has 0 amide bonds. The van der Waals surface area contributed by atoms with E-state index in [1.165, 1.54) is 19.2 Å². The van der Waals surface area contributed by atoms with E-state index in [0.29, 0.717) is 11.8 Å². The minimum absolute atomic E-state index is 0.116. The largest absolute Gasteiger partial charge is 0.497 e. The molecule has 0 aromatic heterocycles. The Bertz CT molecular complexity index is 755. The third kappa shape index (κ3) is 2.50. The molecule has 0 bridgehead atoms. The van der Waals surface area contributed by atoms with Crippen LogP contribution in [0.15, 0.2) is 42.5 Å². The van der Waals surface area contributed by atoms with Crippen molar-refractivity contribution in [1.29, 1.82) is 0 Å². The molecule has 0 saturated carbocycles. The molecular weight excluding hydrogens is 324 g/mol. The number of alkyl halides is 2. The van der Waals surface area contributed by atoms with Crippen LogP contribution in [0, 0.1) is 5.82 Å². The van der Waals surface area contributed by atoms with Crippen LogP contribution < -0.4 is 4.74 Å². The van der Waals surface area contributed by atoms with E-state index in [9.17, 15) is 13.6 Å². The van der Waals surface area contributed by atoms with Gasteiger partial charge in [0.15, 0.2) is 17.6 Å². The Hall–Kier alpha value is -1.98. The zero-order valence-electron chi connectivity index (χ0n) is 12.3. The summed E-state index contributed by atoms with van der Waals surface area (Å²) in [4.78, 5) is 11.1. The Balaban J connectivity index is 2.00. The van der Waals surface area contributed by atoms with E-state index in [-0.39, 0.29) is 17.9 Å². The van der Waals surface area contributed by atoms with Crippen LogP contribution >= 0.6 is 11.6 Å². The summed E-state index contributed by atoms with van der Waals surface area (Å²) in [5.74, 6) is -0.464. The Labute approximate surface area is 137 Å². The van der Waals surface area contributed by atoms with Gasteiger partial charge in [-0.05, 0) is 23.3 Å². The second-order valence-electron chi connectivity index (χ2n) is 5.30. The van der Waals surface area contributed by atoms with Crippen molar-refractivity contribution in [2.75, 3.05) is 7.11 Å². The first-order valence-electron chi connectivity index (χ1n) is 6.99. The summed E-state index contributed by atoms with van der Waals surface area (Å²) in [6, 6.07) is 10.8. The molecule has 6 heteroatoms. The van der Waals surface area contributed by atoms with E-state index in [2.05, 4.69) is 0 Å². The van der Waals surface area contributed by atoms with Crippen LogP contribution in [0.1, 0.15) is 23.0 Å². The lowest BCUT2D eigenvalue weighted by Gasteiger charge is -2.31. The number of fused-ring (bicyclic) bond motifs is 1. The molecule has 0 radical (unpaired) electrons. The van der Waals surface area contributed by atoms with Gasteiger partial charge in [-0.25, -0.2) is 13.7 Å². The molecule has 2 atom stereocenters. The lowest BCUT2D eigenvalue weighted by molar-refractivity contribution is -0.117. The number of nitrogens with zero attached hydrogens (tertiary/aromatic N) is 1. The van der Waals surface area contributed by atoms with E-state index in [1.807, 2.05) is 0 Å². The molecule has 0 spiro atoms. The zero-order valence-corrected chi connectivity index (χ0v) is 13.1. The summed E-state index contributed by atoms with van der Waals surface area (Å²) in [6.07, 6.45) is -1.38. The van der Waals surface area contributed by atoms with Gasteiger partial charge in [0.25, 0.3) is 0 Å². The van der Waals surface area contributed by atoms with E-state index < -0.39 is 17.1 Å². The van der Waals surface area contributed by atoms with Crippen molar-refractivity contribution in [2.24, 2.45) is 0 Å². The number of carbonyl (C=O) groups excluding carboxylic acids is 1. The fourth-order valence-electron chi connectivity index (χ4n) is 2.83. The van der Waals surface area contributed by atoms with Crippen molar-refractivity contribution in [1.82, 2.24) is 4.90 Å². The third-order valence-corrected chi connectivity index (χ3v) is 4.56. The number of methoxy groups -OCH3 is 1. The topological polar surface area (TPSA) is 29.5 Å². The van der Waals surface area contributed by atoms with Gasteiger partial charge >= 0.3 is 0 Å². The lowest BCUT2D eigenvalue weighted by Crippen LogP contribution is -2.39. The van der Waals surface area contributed by atoms with Crippen LogP contribution in [-0.2, 0) is 16.3 Å². The first-order valence-corrected chi connectivity index (χ1v) is 7.37. The van der Waals surface area contributed by atoms with E-state index in [4.69, 9.17) is 16.3 Å². The molecule has 2 aromatic carbocycles. The summed E-state index contributed by atoms with van der Waals surface area (Å²) in [5, 5.41) is 0. The van der Waals surface area contributed by atoms with Crippen LogP contribution in [0.2, 0.25) is 0 Å². The number of benzene rings is 2. The Morgan fingerprint density at radius 2 is 2.09 bits per heavy atom. The van der Waals surface area contributed by atoms with Crippen molar-refractivity contribution in [2.45, 2.75) is 17.8 Å². The molecule has 0 N–H and O–H groups in total. The van der Waals surface area contributed by atoms with Gasteiger partial charge in [0, 0.05) is 18.2 Å². The van der Waals surface area contributed by atoms with Gasteiger partial charge in [-0.15, -0.1) is 0 Å². The van der Waals surface area contributed by atoms with Gasteiger partial charge < -0.3 is 4.74 Å². The summed E-state index contributed by atoms with van der Waals surface area (Å²) < 4.78 is 34.0. The highest BCUT2D eigenvalue weighted by atomic mass is 35.5. The summed E-state index contributed by atoms with van der Waals surface area (Å²) in [7, 11) is 1.40. The predicted molar refractivity (Wildman–Crippen MR) is 82.4 cm³/mol. The van der Waals surface area contributed by atoms with Gasteiger partial charge in [0.2, 0.25) is 0 Å². The highest BCUT2D eigenvalue weighted by molar-refractivity contribution is 6.31. The Kier molecular flexibility index (Phi) is 4.08. The molecule has 23 heavy (non-hydrogen) atoms. The number of hydrogen-bond donors (Lipinski definition) is 0. The maximum absolute atomic E-state index is 15.0. The standard InChI is InChI=1S/C17H14ClF2NO2/c1-23-12-6-7-13(15(19)8-12)16(20)21-9-11-4-2-3-5-14(11)17(21,18)10-22/h2-8,10,16H,9H2,1H3. The molecule has 3 nitrogen and oxygen atoms in total. The average molecular weight is 338 g/mol. The second kappa shape index (κ2) is 5.91. The Morgan fingerprint density at radius 3 is 2.74 bits per heavy atom. The number of rotatable bonds is 4. The zero-order chi connectivity index (χ0) is 16.6. The van der Waals surface area contributed by atoms with Crippen LogP contribution in [-0.4, -0.2) is 18.3 Å². The van der Waals surface area contributed by atoms with Crippen molar-refractivity contribution >= 4 is 17.9 Å². The molecule has 1 heterocycles. The lowest BCUT2D eigenvalue weighted by atomic mass is 10.1. The summed E-state index contributed by atoms with van der Waals surface area (Å²) in [5.41, 5.74) is 1.07. The molecule has 120 valence electrons. The highest BCUT2D eigenvalue weighted by Gasteiger charge is 2.48. The SMILES string of the molecule is COc1ccc(C(F)N2Cc3ccccc3C2(Cl)C=O)c(F)c1. The van der Waals surface area contributed by atoms with Crippen LogP contribution in [0.4, 0.5) is 8.78 Å². The monoisotopic (exact) mass is 337 g/mol. The van der Waals surface area contributed by atoms with Crippen LogP contribution in [0.25, 0.3) is 0 Å². The fraction of sp³-hybridized carbons (Fsp3) is 0.235. The molecule has 2 aromatic rings. The van der Waals surface area contributed by atoms with Gasteiger partial charge in [0.1, 0.15) is 11.6 Å². The molecule has 2 unspecified atom stereocenters. The van der Waals surface area contributed by atoms with Crippen LogP contribution in [0.3, 0.4) is 0 Å². The smallest absolute Gasteiger partial charge is 0.184 e. The Morgan fingerprint density at radius 1 is 1.35 bits per heavy atom. The molecule has 0 saturated heterocycles. The number of carbonyl (C=O) groups is 1. The molecular formula is C17H14ClF2NO2. The highest BCUT2D eigenvalue weighted by Crippen LogP contribution is 2.46. The maximum Gasteiger partial charge on any atom is 0.184 e. The molecule has 0 aliphatic carbocycles. The van der Waals surface area contributed by atoms with Gasteiger partial charge in [0.05, 0.1) is 7.11 Å². The summed E-state index contributed by atoms with van der Waals surface area (Å²) >= 11 is 6.38. The average Bonchev–Trinajstić information content (AvgIpc) is 2.88. The van der Waals surface area contributed by atoms with E-state index in [0.717, 1.165) is 16.5 Å². The van der Waals surface area contributed by atoms with Crippen molar-refractivity contribution in [3.63, 3.8) is 0 Å². The quantitative estimate of drug-likeness (QED) is 0.481. The molecule has 1 aliphatic heterocycles. The third-order valence-electron chi connectivity index (χ3n) is 4.05. The van der Waals surface area contributed by atoms with Gasteiger partial charge in [-0.2, -0.15) is 0 Å². The van der Waals surface area contributed by atoms with Crippen molar-refractivity contribution < 1.29 is 18.3 Å². The number of aldehydes is 1. The fourth-order valence-corrected chi connectivity index (χ4v) is 3.16. The normalized spacial score (nSPS) is 21.7.